The topological polar surface area (TPSA) is 55.6 Å². The molecule has 1 aromatic carbocycles. The Bertz CT molecular complexity index is 496. The van der Waals surface area contributed by atoms with E-state index >= 15 is 0 Å². The van der Waals surface area contributed by atoms with Crippen molar-refractivity contribution in [3.8, 4) is 0 Å². The molecule has 2 rings (SSSR count). The number of esters is 1. The van der Waals surface area contributed by atoms with Crippen molar-refractivity contribution in [2.24, 2.45) is 0 Å². The Morgan fingerprint density at radius 3 is 2.64 bits per heavy atom. The highest BCUT2D eigenvalue weighted by Gasteiger charge is 2.21. The molecule has 1 saturated carbocycles. The highest BCUT2D eigenvalue weighted by molar-refractivity contribution is 5.90. The molecule has 0 saturated heterocycles. The van der Waals surface area contributed by atoms with Gasteiger partial charge in [0.2, 0.25) is 0 Å². The lowest BCUT2D eigenvalue weighted by molar-refractivity contribution is 0.0526. The number of anilines is 1. The summed E-state index contributed by atoms with van der Waals surface area (Å²) in [4.78, 5) is 14.4. The molecule has 4 nitrogen and oxygen atoms in total. The van der Waals surface area contributed by atoms with Crippen LogP contribution in [0.5, 0.6) is 0 Å². The summed E-state index contributed by atoms with van der Waals surface area (Å²) < 4.78 is 5.08. The molecule has 22 heavy (non-hydrogen) atoms. The normalized spacial score (nSPS) is 16.0. The first kappa shape index (κ1) is 16.8. The van der Waals surface area contributed by atoms with E-state index in [2.05, 4.69) is 11.8 Å². The molecule has 0 atom stereocenters. The van der Waals surface area contributed by atoms with Gasteiger partial charge in [-0.15, -0.1) is 0 Å². The van der Waals surface area contributed by atoms with Crippen LogP contribution in [0.4, 0.5) is 5.69 Å². The molecule has 1 aliphatic carbocycles. The van der Waals surface area contributed by atoms with Gasteiger partial charge in [0.05, 0.1) is 12.2 Å². The quantitative estimate of drug-likeness (QED) is 0.644. The summed E-state index contributed by atoms with van der Waals surface area (Å²) in [6.45, 7) is 6.22. The van der Waals surface area contributed by atoms with E-state index in [0.717, 1.165) is 24.3 Å². The van der Waals surface area contributed by atoms with Gasteiger partial charge < -0.3 is 10.5 Å². The van der Waals surface area contributed by atoms with E-state index < -0.39 is 0 Å². The van der Waals surface area contributed by atoms with Gasteiger partial charge in [0.1, 0.15) is 0 Å². The molecule has 0 unspecified atom stereocenters. The van der Waals surface area contributed by atoms with Crippen molar-refractivity contribution in [2.75, 3.05) is 18.9 Å². The minimum absolute atomic E-state index is 0.274. The van der Waals surface area contributed by atoms with Gasteiger partial charge >= 0.3 is 5.97 Å². The first-order valence-corrected chi connectivity index (χ1v) is 8.45. The van der Waals surface area contributed by atoms with E-state index in [1.807, 2.05) is 19.1 Å². The van der Waals surface area contributed by atoms with Crippen molar-refractivity contribution in [3.05, 3.63) is 29.3 Å². The predicted molar refractivity (Wildman–Crippen MR) is 89.8 cm³/mol. The molecular formula is C18H28N2O2. The fourth-order valence-corrected chi connectivity index (χ4v) is 3.25. The Balaban J connectivity index is 2.12. The molecule has 122 valence electrons. The van der Waals surface area contributed by atoms with Crippen molar-refractivity contribution in [2.45, 2.75) is 58.5 Å². The number of benzene rings is 1. The largest absolute Gasteiger partial charge is 0.462 e. The molecule has 0 amide bonds. The molecule has 1 aliphatic rings. The highest BCUT2D eigenvalue weighted by atomic mass is 16.5. The zero-order valence-electron chi connectivity index (χ0n) is 13.8. The Morgan fingerprint density at radius 1 is 1.27 bits per heavy atom. The van der Waals surface area contributed by atoms with E-state index in [1.165, 1.54) is 32.1 Å². The fraction of sp³-hybridized carbons (Fsp3) is 0.611. The van der Waals surface area contributed by atoms with Crippen molar-refractivity contribution in [1.82, 2.24) is 4.90 Å². The summed E-state index contributed by atoms with van der Waals surface area (Å²) in [5.74, 6) is -0.274. The van der Waals surface area contributed by atoms with Gasteiger partial charge in [-0.2, -0.15) is 0 Å². The second kappa shape index (κ2) is 8.18. The minimum atomic E-state index is -0.274. The van der Waals surface area contributed by atoms with Crippen molar-refractivity contribution < 1.29 is 9.53 Å². The van der Waals surface area contributed by atoms with E-state index in [9.17, 15) is 4.79 Å². The van der Waals surface area contributed by atoms with Crippen LogP contribution < -0.4 is 5.73 Å². The van der Waals surface area contributed by atoms with Gasteiger partial charge in [0, 0.05) is 18.3 Å². The lowest BCUT2D eigenvalue weighted by Gasteiger charge is -2.33. The number of nitrogen functional groups attached to an aromatic ring is 1. The van der Waals surface area contributed by atoms with Gasteiger partial charge in [0.25, 0.3) is 0 Å². The van der Waals surface area contributed by atoms with Crippen LogP contribution in [0, 0.1) is 0 Å². The first-order valence-electron chi connectivity index (χ1n) is 8.45. The van der Waals surface area contributed by atoms with Gasteiger partial charge in [-0.05, 0) is 50.1 Å². The summed E-state index contributed by atoms with van der Waals surface area (Å²) in [5, 5.41) is 0. The average molecular weight is 304 g/mol. The van der Waals surface area contributed by atoms with Crippen LogP contribution in [0.25, 0.3) is 0 Å². The molecule has 0 aliphatic heterocycles. The van der Waals surface area contributed by atoms with E-state index in [4.69, 9.17) is 10.5 Å². The lowest BCUT2D eigenvalue weighted by atomic mass is 9.93. The maximum atomic E-state index is 11.9. The molecule has 0 radical (unpaired) electrons. The number of hydrogen-bond donors (Lipinski definition) is 1. The zero-order chi connectivity index (χ0) is 15.9. The number of carbonyl (C=O) groups is 1. The molecule has 0 spiro atoms. The van der Waals surface area contributed by atoms with Gasteiger partial charge in [-0.25, -0.2) is 4.79 Å². The van der Waals surface area contributed by atoms with Crippen molar-refractivity contribution in [1.29, 1.82) is 0 Å². The Kier molecular flexibility index (Phi) is 6.25. The number of nitrogens with two attached hydrogens (primary N) is 1. The summed E-state index contributed by atoms with van der Waals surface area (Å²) in [6, 6.07) is 6.09. The average Bonchev–Trinajstić information content (AvgIpc) is 2.55. The third kappa shape index (κ3) is 4.23. The van der Waals surface area contributed by atoms with E-state index in [-0.39, 0.29) is 5.97 Å². The third-order valence-corrected chi connectivity index (χ3v) is 4.52. The maximum Gasteiger partial charge on any atom is 0.338 e. The van der Waals surface area contributed by atoms with Crippen LogP contribution in [-0.4, -0.2) is 30.1 Å². The van der Waals surface area contributed by atoms with Crippen molar-refractivity contribution in [3.63, 3.8) is 0 Å². The van der Waals surface area contributed by atoms with Gasteiger partial charge in [-0.3, -0.25) is 4.90 Å². The SMILES string of the molecule is CCOC(=O)c1ccc(N)c(CN(CC)C2CCCCC2)c1. The summed E-state index contributed by atoms with van der Waals surface area (Å²) >= 11 is 0. The van der Waals surface area contributed by atoms with Crippen LogP contribution in [-0.2, 0) is 11.3 Å². The van der Waals surface area contributed by atoms with Crippen LogP contribution in [0.3, 0.4) is 0 Å². The summed E-state index contributed by atoms with van der Waals surface area (Å²) in [6.07, 6.45) is 6.53. The lowest BCUT2D eigenvalue weighted by Crippen LogP contribution is -2.36. The maximum absolute atomic E-state index is 11.9. The summed E-state index contributed by atoms with van der Waals surface area (Å²) in [5.41, 5.74) is 8.48. The molecule has 4 heteroatoms. The number of nitrogens with zero attached hydrogens (tertiary/aromatic N) is 1. The molecule has 0 bridgehead atoms. The number of ether oxygens (including phenoxy) is 1. The Labute approximate surface area is 133 Å². The molecule has 1 fully saturated rings. The molecule has 2 N–H and O–H groups in total. The van der Waals surface area contributed by atoms with Gasteiger partial charge in [-0.1, -0.05) is 26.2 Å². The molecule has 0 aromatic heterocycles. The first-order chi connectivity index (χ1) is 10.7. The smallest absolute Gasteiger partial charge is 0.338 e. The second-order valence-electron chi connectivity index (χ2n) is 5.99. The van der Waals surface area contributed by atoms with Crippen LogP contribution in [0.15, 0.2) is 18.2 Å². The third-order valence-electron chi connectivity index (χ3n) is 4.52. The minimum Gasteiger partial charge on any atom is -0.462 e. The predicted octanol–water partition coefficient (Wildman–Crippen LogP) is 3.60. The molecular weight excluding hydrogens is 276 g/mol. The summed E-state index contributed by atoms with van der Waals surface area (Å²) in [7, 11) is 0. The van der Waals surface area contributed by atoms with E-state index in [0.29, 0.717) is 18.2 Å². The number of carbonyl (C=O) groups excluding carboxylic acids is 1. The molecule has 1 aromatic rings. The number of rotatable bonds is 6. The van der Waals surface area contributed by atoms with Crippen LogP contribution in [0.1, 0.15) is 61.9 Å². The molecule has 0 heterocycles. The standard InChI is InChI=1S/C18H28N2O2/c1-3-20(16-8-6-5-7-9-16)13-15-12-14(10-11-17(15)19)18(21)22-4-2/h10-12,16H,3-9,13,19H2,1-2H3. The highest BCUT2D eigenvalue weighted by Crippen LogP contribution is 2.25. The Morgan fingerprint density at radius 2 is 2.00 bits per heavy atom. The number of hydrogen-bond acceptors (Lipinski definition) is 4. The zero-order valence-corrected chi connectivity index (χ0v) is 13.8. The monoisotopic (exact) mass is 304 g/mol. The van der Waals surface area contributed by atoms with Crippen LogP contribution in [0.2, 0.25) is 0 Å². The second-order valence-corrected chi connectivity index (χ2v) is 5.99. The van der Waals surface area contributed by atoms with Crippen molar-refractivity contribution >= 4 is 11.7 Å². The Hall–Kier alpha value is -1.55. The fourth-order valence-electron chi connectivity index (χ4n) is 3.25. The van der Waals surface area contributed by atoms with Gasteiger partial charge in [0.15, 0.2) is 0 Å². The van der Waals surface area contributed by atoms with Crippen LogP contribution >= 0.6 is 0 Å². The van der Waals surface area contributed by atoms with E-state index in [1.54, 1.807) is 6.07 Å².